The van der Waals surface area contributed by atoms with Gasteiger partial charge in [0.1, 0.15) is 12.1 Å². The number of H-pyrrole nitrogens is 1. The summed E-state index contributed by atoms with van der Waals surface area (Å²) in [5, 5.41) is 5.60. The van der Waals surface area contributed by atoms with Gasteiger partial charge >= 0.3 is 0 Å². The van der Waals surface area contributed by atoms with Gasteiger partial charge in [0, 0.05) is 24.0 Å². The predicted octanol–water partition coefficient (Wildman–Crippen LogP) is 1.18. The second kappa shape index (κ2) is 8.16. The molecule has 3 rings (SSSR count). The van der Waals surface area contributed by atoms with Crippen LogP contribution in [0.25, 0.3) is 0 Å². The van der Waals surface area contributed by atoms with E-state index in [1.165, 1.54) is 16.7 Å². The number of amides is 3. The molecule has 1 aliphatic carbocycles. The minimum atomic E-state index is -0.426. The highest BCUT2D eigenvalue weighted by Crippen LogP contribution is 2.28. The van der Waals surface area contributed by atoms with Crippen LogP contribution in [0.2, 0.25) is 0 Å². The molecular weight excluding hydrogens is 368 g/mol. The van der Waals surface area contributed by atoms with Crippen molar-refractivity contribution >= 4 is 28.8 Å². The maximum absolute atomic E-state index is 12.4. The second-order valence-corrected chi connectivity index (χ2v) is 8.17. The van der Waals surface area contributed by atoms with Crippen molar-refractivity contribution in [3.63, 3.8) is 0 Å². The van der Waals surface area contributed by atoms with Crippen LogP contribution in [-0.4, -0.2) is 51.8 Å². The van der Waals surface area contributed by atoms with Gasteiger partial charge in [-0.2, -0.15) is 0 Å². The fourth-order valence-electron chi connectivity index (χ4n) is 3.38. The zero-order valence-corrected chi connectivity index (χ0v) is 16.3. The summed E-state index contributed by atoms with van der Waals surface area (Å²) in [6.07, 6.45) is 2.24. The van der Waals surface area contributed by atoms with Crippen LogP contribution in [0.3, 0.4) is 0 Å². The zero-order valence-electron chi connectivity index (χ0n) is 15.5. The number of fused-ring (bicyclic) bond motifs is 1. The number of nitrogens with one attached hydrogen (secondary N) is 3. The number of aromatic nitrogens is 1. The molecule has 8 nitrogen and oxygen atoms in total. The Morgan fingerprint density at radius 3 is 2.81 bits per heavy atom. The minimum absolute atomic E-state index is 0.0295. The first-order chi connectivity index (χ1) is 12.8. The summed E-state index contributed by atoms with van der Waals surface area (Å²) >= 11 is 1.22. The number of thioether (sulfide) groups is 1. The van der Waals surface area contributed by atoms with Gasteiger partial charge in [-0.1, -0.05) is 11.8 Å². The molecule has 1 fully saturated rings. The molecule has 1 aromatic rings. The summed E-state index contributed by atoms with van der Waals surface area (Å²) in [6, 6.07) is 1.22. The minimum Gasteiger partial charge on any atom is -0.350 e. The van der Waals surface area contributed by atoms with Crippen molar-refractivity contribution < 1.29 is 14.4 Å². The van der Waals surface area contributed by atoms with Crippen LogP contribution in [0.1, 0.15) is 54.3 Å². The number of hydrogen-bond donors (Lipinski definition) is 3. The van der Waals surface area contributed by atoms with Gasteiger partial charge in [-0.25, -0.2) is 0 Å². The Hall–Kier alpha value is -2.29. The third-order valence-electron chi connectivity index (χ3n) is 4.63. The first-order valence-electron chi connectivity index (χ1n) is 9.13. The number of aryl methyl sites for hydroxylation is 1. The number of carbonyl (C=O) groups excluding carboxylic acids is 3. The number of rotatable bonds is 5. The summed E-state index contributed by atoms with van der Waals surface area (Å²) < 4.78 is 0. The molecule has 9 heteroatoms. The topological polar surface area (TPSA) is 111 Å². The fourth-order valence-corrected chi connectivity index (χ4v) is 4.21. The van der Waals surface area contributed by atoms with Gasteiger partial charge in [-0.05, 0) is 44.7 Å². The van der Waals surface area contributed by atoms with Crippen molar-refractivity contribution in [2.24, 2.45) is 0 Å². The van der Waals surface area contributed by atoms with Crippen LogP contribution >= 0.6 is 11.8 Å². The van der Waals surface area contributed by atoms with E-state index < -0.39 is 11.5 Å². The Balaban J connectivity index is 1.78. The molecule has 3 N–H and O–H groups in total. The second-order valence-electron chi connectivity index (χ2n) is 7.12. The highest BCUT2D eigenvalue weighted by atomic mass is 32.2. The van der Waals surface area contributed by atoms with Crippen molar-refractivity contribution in [1.29, 1.82) is 0 Å². The molecule has 0 spiro atoms. The average Bonchev–Trinajstić information content (AvgIpc) is 2.98. The molecule has 0 radical (unpaired) electrons. The number of nitrogens with zero attached hydrogens (tertiary/aromatic N) is 1. The molecule has 2 aliphatic rings. The van der Waals surface area contributed by atoms with Crippen molar-refractivity contribution in [3.8, 4) is 0 Å². The predicted molar refractivity (Wildman–Crippen MR) is 103 cm³/mol. The highest BCUT2D eigenvalue weighted by molar-refractivity contribution is 8.13. The van der Waals surface area contributed by atoms with E-state index in [-0.39, 0.29) is 35.3 Å². The molecule has 1 unspecified atom stereocenters. The summed E-state index contributed by atoms with van der Waals surface area (Å²) in [5.74, 6) is 0.0426. The molecule has 3 amide bonds. The summed E-state index contributed by atoms with van der Waals surface area (Å²) in [5.41, 5.74) is 1.16. The standard InChI is InChI=1S/C18H24N4O4S/c1-10(2)19-16(24)12-8-11-13(4-3-5-14(11)21-17(12)25)20-15(23)9-22-6-7-27-18(22)26/h8,10,13H,3-7,9H2,1-2H3,(H,19,24)(H,20,23)(H,21,25). The summed E-state index contributed by atoms with van der Waals surface area (Å²) in [7, 11) is 0. The Morgan fingerprint density at radius 2 is 2.15 bits per heavy atom. The molecule has 1 atom stereocenters. The quantitative estimate of drug-likeness (QED) is 0.697. The third-order valence-corrected chi connectivity index (χ3v) is 5.52. The first-order valence-corrected chi connectivity index (χ1v) is 10.1. The molecular formula is C18H24N4O4S. The molecule has 2 heterocycles. The Morgan fingerprint density at radius 1 is 1.37 bits per heavy atom. The van der Waals surface area contributed by atoms with E-state index in [4.69, 9.17) is 0 Å². The van der Waals surface area contributed by atoms with Crippen LogP contribution in [0.4, 0.5) is 4.79 Å². The molecule has 1 saturated heterocycles. The molecule has 0 bridgehead atoms. The fraction of sp³-hybridized carbons (Fsp3) is 0.556. The molecule has 0 aromatic carbocycles. The monoisotopic (exact) mass is 392 g/mol. The van der Waals surface area contributed by atoms with Gasteiger partial charge in [0.05, 0.1) is 6.04 Å². The maximum Gasteiger partial charge on any atom is 0.282 e. The van der Waals surface area contributed by atoms with E-state index in [0.717, 1.165) is 24.1 Å². The number of aromatic amines is 1. The third kappa shape index (κ3) is 4.52. The normalized spacial score (nSPS) is 19.1. The van der Waals surface area contributed by atoms with E-state index in [0.29, 0.717) is 18.7 Å². The summed E-state index contributed by atoms with van der Waals surface area (Å²) in [6.45, 7) is 4.25. The maximum atomic E-state index is 12.4. The van der Waals surface area contributed by atoms with Gasteiger partial charge in [-0.15, -0.1) is 0 Å². The molecule has 1 aromatic heterocycles. The molecule has 0 saturated carbocycles. The largest absolute Gasteiger partial charge is 0.350 e. The van der Waals surface area contributed by atoms with Gasteiger partial charge in [0.15, 0.2) is 0 Å². The lowest BCUT2D eigenvalue weighted by Gasteiger charge is -2.27. The van der Waals surface area contributed by atoms with Crippen LogP contribution in [0, 0.1) is 0 Å². The number of carbonyl (C=O) groups is 3. The number of hydrogen-bond acceptors (Lipinski definition) is 5. The smallest absolute Gasteiger partial charge is 0.282 e. The first kappa shape index (κ1) is 19.5. The van der Waals surface area contributed by atoms with Gasteiger partial charge in [-0.3, -0.25) is 19.2 Å². The van der Waals surface area contributed by atoms with Gasteiger partial charge < -0.3 is 20.5 Å². The lowest BCUT2D eigenvalue weighted by Crippen LogP contribution is -2.41. The SMILES string of the molecule is CC(C)NC(=O)c1cc2c([nH]c1=O)CCCC2NC(=O)CN1CCSC1=O. The molecule has 146 valence electrons. The van der Waals surface area contributed by atoms with E-state index in [1.54, 1.807) is 6.07 Å². The lowest BCUT2D eigenvalue weighted by atomic mass is 9.90. The Kier molecular flexibility index (Phi) is 5.88. The van der Waals surface area contributed by atoms with Gasteiger partial charge in [0.25, 0.3) is 16.7 Å². The van der Waals surface area contributed by atoms with Crippen molar-refractivity contribution in [2.75, 3.05) is 18.8 Å². The van der Waals surface area contributed by atoms with E-state index in [1.807, 2.05) is 13.8 Å². The Bertz CT molecular complexity index is 820. The van der Waals surface area contributed by atoms with Gasteiger partial charge in [0.2, 0.25) is 5.91 Å². The van der Waals surface area contributed by atoms with E-state index in [2.05, 4.69) is 15.6 Å². The van der Waals surface area contributed by atoms with Crippen LogP contribution in [0.5, 0.6) is 0 Å². The lowest BCUT2D eigenvalue weighted by molar-refractivity contribution is -0.122. The summed E-state index contributed by atoms with van der Waals surface area (Å²) in [4.78, 5) is 52.9. The zero-order chi connectivity index (χ0) is 19.6. The average molecular weight is 392 g/mol. The van der Waals surface area contributed by atoms with Crippen molar-refractivity contribution in [1.82, 2.24) is 20.5 Å². The van der Waals surface area contributed by atoms with E-state index in [9.17, 15) is 19.2 Å². The van der Waals surface area contributed by atoms with E-state index >= 15 is 0 Å². The van der Waals surface area contributed by atoms with Crippen LogP contribution in [0.15, 0.2) is 10.9 Å². The number of pyridine rings is 1. The highest BCUT2D eigenvalue weighted by Gasteiger charge is 2.28. The van der Waals surface area contributed by atoms with Crippen molar-refractivity contribution in [2.45, 2.75) is 45.2 Å². The Labute approximate surface area is 161 Å². The molecule has 27 heavy (non-hydrogen) atoms. The van der Waals surface area contributed by atoms with Crippen molar-refractivity contribution in [3.05, 3.63) is 33.2 Å². The van der Waals surface area contributed by atoms with Crippen LogP contribution < -0.4 is 16.2 Å². The van der Waals surface area contributed by atoms with Crippen LogP contribution in [-0.2, 0) is 11.2 Å². The molecule has 1 aliphatic heterocycles.